The lowest BCUT2D eigenvalue weighted by Crippen LogP contribution is -2.38. The molecular weight excluding hydrogens is 172 g/mol. The Kier molecular flexibility index (Phi) is 5.28. The van der Waals surface area contributed by atoms with Crippen molar-refractivity contribution < 1.29 is 0 Å². The molecule has 1 aliphatic rings. The van der Waals surface area contributed by atoms with Crippen LogP contribution >= 0.6 is 12.4 Å². The number of rotatable bonds is 0. The van der Waals surface area contributed by atoms with Crippen LogP contribution in [0, 0.1) is 11.3 Å². The summed E-state index contributed by atoms with van der Waals surface area (Å²) in [5, 5.41) is 8.79. The summed E-state index contributed by atoms with van der Waals surface area (Å²) < 4.78 is 0. The van der Waals surface area contributed by atoms with Gasteiger partial charge >= 0.3 is 0 Å². The Morgan fingerprint density at radius 2 is 1.42 bits per heavy atom. The lowest BCUT2D eigenvalue weighted by molar-refractivity contribution is 0.386. The van der Waals surface area contributed by atoms with E-state index in [1.807, 2.05) is 0 Å². The van der Waals surface area contributed by atoms with E-state index in [2.05, 4.69) is 6.07 Å². The monoisotopic (exact) mass is 188 g/mol. The Balaban J connectivity index is 0.00000121. The molecule has 0 radical (unpaired) electrons. The Labute approximate surface area is 80.5 Å². The molecule has 0 aliphatic heterocycles. The van der Waals surface area contributed by atoms with Gasteiger partial charge in [-0.2, -0.15) is 5.26 Å². The van der Waals surface area contributed by atoms with E-state index in [9.17, 15) is 0 Å². The maximum absolute atomic E-state index is 8.79. The van der Waals surface area contributed by atoms with Gasteiger partial charge in [0, 0.05) is 0 Å². The number of nitrogens with zero attached hydrogens (tertiary/aromatic N) is 1. The summed E-state index contributed by atoms with van der Waals surface area (Å²) in [6.07, 6.45) is 7.86. The molecule has 0 atom stereocenters. The van der Waals surface area contributed by atoms with Crippen molar-refractivity contribution in [3.63, 3.8) is 0 Å². The lowest BCUT2D eigenvalue weighted by Gasteiger charge is -2.23. The molecule has 1 aliphatic carbocycles. The molecule has 0 amide bonds. The van der Waals surface area contributed by atoms with Crippen molar-refractivity contribution in [3.05, 3.63) is 0 Å². The van der Waals surface area contributed by atoms with Gasteiger partial charge in [0.25, 0.3) is 0 Å². The molecule has 0 aromatic carbocycles. The van der Waals surface area contributed by atoms with E-state index in [1.54, 1.807) is 0 Å². The van der Waals surface area contributed by atoms with Crippen molar-refractivity contribution >= 4 is 12.4 Å². The zero-order valence-electron chi connectivity index (χ0n) is 7.38. The Bertz CT molecular complexity index is 154. The highest BCUT2D eigenvalue weighted by molar-refractivity contribution is 5.85. The van der Waals surface area contributed by atoms with E-state index in [4.69, 9.17) is 11.0 Å². The molecule has 1 saturated carbocycles. The minimum atomic E-state index is -0.500. The first-order valence-corrected chi connectivity index (χ1v) is 4.47. The van der Waals surface area contributed by atoms with Crippen LogP contribution < -0.4 is 5.73 Å². The van der Waals surface area contributed by atoms with Crippen LogP contribution in [0.1, 0.15) is 44.9 Å². The van der Waals surface area contributed by atoms with Crippen LogP contribution in [0.25, 0.3) is 0 Å². The molecule has 0 spiro atoms. The standard InChI is InChI=1S/C9H16N2.ClH/c10-8-9(11)6-4-2-1-3-5-7-9;/h1-7,11H2;1H. The fourth-order valence-electron chi connectivity index (χ4n) is 1.65. The number of halogens is 1. The number of nitriles is 1. The van der Waals surface area contributed by atoms with Gasteiger partial charge in [-0.15, -0.1) is 12.4 Å². The topological polar surface area (TPSA) is 49.8 Å². The third-order valence-electron chi connectivity index (χ3n) is 2.47. The summed E-state index contributed by atoms with van der Waals surface area (Å²) in [6.45, 7) is 0. The number of hydrogen-bond acceptors (Lipinski definition) is 2. The predicted molar refractivity (Wildman–Crippen MR) is 52.1 cm³/mol. The molecule has 2 nitrogen and oxygen atoms in total. The fourth-order valence-corrected chi connectivity index (χ4v) is 1.65. The highest BCUT2D eigenvalue weighted by Gasteiger charge is 2.24. The van der Waals surface area contributed by atoms with Crippen molar-refractivity contribution in [1.29, 1.82) is 5.26 Å². The molecule has 0 bridgehead atoms. The van der Waals surface area contributed by atoms with Gasteiger partial charge in [0.2, 0.25) is 0 Å². The fraction of sp³-hybridized carbons (Fsp3) is 0.889. The largest absolute Gasteiger partial charge is 0.313 e. The SMILES string of the molecule is Cl.N#CC1(N)CCCCCCC1. The highest BCUT2D eigenvalue weighted by atomic mass is 35.5. The molecule has 3 heteroatoms. The Hall–Kier alpha value is -0.260. The van der Waals surface area contributed by atoms with E-state index in [1.165, 1.54) is 19.3 Å². The lowest BCUT2D eigenvalue weighted by atomic mass is 9.86. The van der Waals surface area contributed by atoms with Crippen LogP contribution in [0.3, 0.4) is 0 Å². The van der Waals surface area contributed by atoms with Gasteiger partial charge in [-0.25, -0.2) is 0 Å². The summed E-state index contributed by atoms with van der Waals surface area (Å²) in [4.78, 5) is 0. The average molecular weight is 189 g/mol. The van der Waals surface area contributed by atoms with Crippen LogP contribution in [0.5, 0.6) is 0 Å². The Morgan fingerprint density at radius 1 is 1.00 bits per heavy atom. The zero-order chi connectivity index (χ0) is 8.16. The first-order valence-electron chi connectivity index (χ1n) is 4.47. The summed E-state index contributed by atoms with van der Waals surface area (Å²) in [5.74, 6) is 0. The summed E-state index contributed by atoms with van der Waals surface area (Å²) in [7, 11) is 0. The molecule has 12 heavy (non-hydrogen) atoms. The maximum atomic E-state index is 8.79. The van der Waals surface area contributed by atoms with Gasteiger partial charge in [-0.1, -0.05) is 32.1 Å². The van der Waals surface area contributed by atoms with Gasteiger partial charge in [-0.3, -0.25) is 0 Å². The van der Waals surface area contributed by atoms with E-state index in [0.29, 0.717) is 0 Å². The van der Waals surface area contributed by atoms with Crippen molar-refractivity contribution in [2.24, 2.45) is 5.73 Å². The molecule has 1 fully saturated rings. The molecule has 2 N–H and O–H groups in total. The molecule has 0 heterocycles. The van der Waals surface area contributed by atoms with Gasteiger partial charge in [0.1, 0.15) is 5.54 Å². The molecule has 0 aromatic rings. The van der Waals surface area contributed by atoms with Crippen LogP contribution in [-0.4, -0.2) is 5.54 Å². The van der Waals surface area contributed by atoms with E-state index >= 15 is 0 Å². The van der Waals surface area contributed by atoms with Crippen LogP contribution in [0.2, 0.25) is 0 Å². The second kappa shape index (κ2) is 5.40. The summed E-state index contributed by atoms with van der Waals surface area (Å²) >= 11 is 0. The first-order chi connectivity index (χ1) is 5.27. The molecule has 0 aromatic heterocycles. The maximum Gasteiger partial charge on any atom is 0.104 e. The van der Waals surface area contributed by atoms with Crippen LogP contribution in [-0.2, 0) is 0 Å². The molecule has 1 rings (SSSR count). The van der Waals surface area contributed by atoms with E-state index in [-0.39, 0.29) is 12.4 Å². The van der Waals surface area contributed by atoms with Gasteiger partial charge < -0.3 is 5.73 Å². The summed E-state index contributed by atoms with van der Waals surface area (Å²) in [6, 6.07) is 2.23. The predicted octanol–water partition coefficient (Wildman–Crippen LogP) is 2.37. The van der Waals surface area contributed by atoms with Crippen LogP contribution in [0.4, 0.5) is 0 Å². The second-order valence-corrected chi connectivity index (χ2v) is 3.54. The minimum Gasteiger partial charge on any atom is -0.313 e. The van der Waals surface area contributed by atoms with Crippen molar-refractivity contribution in [3.8, 4) is 6.07 Å². The first kappa shape index (κ1) is 11.7. The summed E-state index contributed by atoms with van der Waals surface area (Å²) in [5.41, 5.74) is 5.37. The average Bonchev–Trinajstić information content (AvgIpc) is 1.98. The molecular formula is C9H17ClN2. The Morgan fingerprint density at radius 3 is 1.83 bits per heavy atom. The third-order valence-corrected chi connectivity index (χ3v) is 2.47. The molecule has 0 saturated heterocycles. The van der Waals surface area contributed by atoms with Crippen molar-refractivity contribution in [1.82, 2.24) is 0 Å². The highest BCUT2D eigenvalue weighted by Crippen LogP contribution is 2.23. The normalized spacial score (nSPS) is 22.7. The van der Waals surface area contributed by atoms with E-state index in [0.717, 1.165) is 25.7 Å². The van der Waals surface area contributed by atoms with Crippen LogP contribution in [0.15, 0.2) is 0 Å². The van der Waals surface area contributed by atoms with Gasteiger partial charge in [-0.05, 0) is 12.8 Å². The number of hydrogen-bond donors (Lipinski definition) is 1. The molecule has 0 unspecified atom stereocenters. The smallest absolute Gasteiger partial charge is 0.104 e. The third kappa shape index (κ3) is 3.42. The minimum absolute atomic E-state index is 0. The second-order valence-electron chi connectivity index (χ2n) is 3.54. The van der Waals surface area contributed by atoms with Gasteiger partial charge in [0.05, 0.1) is 6.07 Å². The zero-order valence-corrected chi connectivity index (χ0v) is 8.20. The van der Waals surface area contributed by atoms with Crippen molar-refractivity contribution in [2.45, 2.75) is 50.5 Å². The van der Waals surface area contributed by atoms with Gasteiger partial charge in [0.15, 0.2) is 0 Å². The molecule has 70 valence electrons. The van der Waals surface area contributed by atoms with E-state index < -0.39 is 5.54 Å². The quantitative estimate of drug-likeness (QED) is 0.635. The van der Waals surface area contributed by atoms with Crippen molar-refractivity contribution in [2.75, 3.05) is 0 Å². The number of nitrogens with two attached hydrogens (primary N) is 1.